The predicted octanol–water partition coefficient (Wildman–Crippen LogP) is 2.83. The lowest BCUT2D eigenvalue weighted by Gasteiger charge is -2.24. The largest absolute Gasteiger partial charge is 0.497 e. The highest BCUT2D eigenvalue weighted by atomic mass is 79.9. The van der Waals surface area contributed by atoms with Gasteiger partial charge in [-0.05, 0) is 25.5 Å². The summed E-state index contributed by atoms with van der Waals surface area (Å²) in [6.07, 6.45) is 0.275. The van der Waals surface area contributed by atoms with Crippen molar-refractivity contribution in [2.75, 3.05) is 12.4 Å². The Morgan fingerprint density at radius 3 is 2.55 bits per heavy atom. The van der Waals surface area contributed by atoms with Crippen LogP contribution in [-0.2, 0) is 4.79 Å². The Labute approximate surface area is 125 Å². The van der Waals surface area contributed by atoms with E-state index in [1.165, 1.54) is 14.0 Å². The number of ether oxygens (including phenoxy) is 1. The van der Waals surface area contributed by atoms with Crippen molar-refractivity contribution in [2.24, 2.45) is 0 Å². The fourth-order valence-electron chi connectivity index (χ4n) is 1.46. The zero-order valence-electron chi connectivity index (χ0n) is 11.5. The summed E-state index contributed by atoms with van der Waals surface area (Å²) in [5.41, 5.74) is -0.808. The van der Waals surface area contributed by atoms with Crippen LogP contribution in [0.5, 0.6) is 5.75 Å². The van der Waals surface area contributed by atoms with Crippen LogP contribution >= 0.6 is 15.9 Å². The number of aliphatic carboxylic acids is 1. The van der Waals surface area contributed by atoms with Crippen LogP contribution in [0, 0.1) is 0 Å². The Hall–Kier alpha value is -1.76. The number of rotatable bonds is 5. The summed E-state index contributed by atoms with van der Waals surface area (Å²) >= 11 is 3.30. The van der Waals surface area contributed by atoms with Crippen LogP contribution < -0.4 is 15.4 Å². The number of urea groups is 1. The van der Waals surface area contributed by atoms with Gasteiger partial charge in [0.05, 0.1) is 7.11 Å². The van der Waals surface area contributed by atoms with E-state index >= 15 is 0 Å². The Kier molecular flexibility index (Phi) is 5.38. The Bertz CT molecular complexity index is 521. The quantitative estimate of drug-likeness (QED) is 0.766. The smallest absolute Gasteiger partial charge is 0.329 e. The van der Waals surface area contributed by atoms with Gasteiger partial charge in [0, 0.05) is 16.2 Å². The molecule has 1 atom stereocenters. The molecule has 0 aliphatic rings. The average molecular weight is 345 g/mol. The maximum atomic E-state index is 11.9. The molecule has 0 spiro atoms. The number of carboxylic acids is 1. The number of nitrogens with one attached hydrogen (secondary N) is 2. The highest BCUT2D eigenvalue weighted by Gasteiger charge is 2.32. The van der Waals surface area contributed by atoms with Crippen LogP contribution in [0.2, 0.25) is 0 Å². The molecule has 0 saturated carbocycles. The molecular weight excluding hydrogens is 328 g/mol. The highest BCUT2D eigenvalue weighted by Crippen LogP contribution is 2.24. The van der Waals surface area contributed by atoms with Gasteiger partial charge in [0.2, 0.25) is 0 Å². The lowest BCUT2D eigenvalue weighted by atomic mass is 10.00. The van der Waals surface area contributed by atoms with Crippen LogP contribution in [0.25, 0.3) is 0 Å². The molecule has 6 nitrogen and oxygen atoms in total. The highest BCUT2D eigenvalue weighted by molar-refractivity contribution is 9.10. The fraction of sp³-hybridized carbons (Fsp3) is 0.385. The molecule has 0 bridgehead atoms. The number of carboxylic acid groups (broad SMARTS) is 1. The summed E-state index contributed by atoms with van der Waals surface area (Å²) in [5.74, 6) is -0.506. The van der Waals surface area contributed by atoms with E-state index in [2.05, 4.69) is 26.6 Å². The summed E-state index contributed by atoms with van der Waals surface area (Å²) in [6, 6.07) is 4.48. The molecule has 1 rings (SSSR count). The molecule has 7 heteroatoms. The van der Waals surface area contributed by atoms with E-state index in [0.29, 0.717) is 11.4 Å². The molecule has 1 aromatic carbocycles. The second kappa shape index (κ2) is 6.60. The standard InChI is InChI=1S/C13H17BrN2O4/c1-4-13(2,11(17)18)16-12(19)15-9-5-8(14)6-10(7-9)20-3/h5-7H,4H2,1-3H3,(H,17,18)(H2,15,16,19). The number of methoxy groups -OCH3 is 1. The number of amides is 2. The van der Waals surface area contributed by atoms with Gasteiger partial charge < -0.3 is 20.5 Å². The SMILES string of the molecule is CCC(C)(NC(=O)Nc1cc(Br)cc(OC)c1)C(=O)O. The topological polar surface area (TPSA) is 87.7 Å². The van der Waals surface area contributed by atoms with Crippen molar-refractivity contribution in [2.45, 2.75) is 25.8 Å². The lowest BCUT2D eigenvalue weighted by Crippen LogP contribution is -2.53. The first-order valence-corrected chi connectivity index (χ1v) is 6.77. The van der Waals surface area contributed by atoms with Gasteiger partial charge in [0.1, 0.15) is 11.3 Å². The van der Waals surface area contributed by atoms with E-state index in [0.717, 1.165) is 4.47 Å². The van der Waals surface area contributed by atoms with Gasteiger partial charge in [-0.1, -0.05) is 22.9 Å². The first-order chi connectivity index (χ1) is 9.30. The van der Waals surface area contributed by atoms with E-state index in [9.17, 15) is 9.59 Å². The molecule has 0 aliphatic heterocycles. The molecule has 110 valence electrons. The summed E-state index contributed by atoms with van der Waals surface area (Å²) in [6.45, 7) is 3.15. The minimum atomic E-state index is -1.31. The first kappa shape index (κ1) is 16.3. The average Bonchev–Trinajstić information content (AvgIpc) is 2.37. The van der Waals surface area contributed by atoms with E-state index in [1.807, 2.05) is 0 Å². The number of carbonyl (C=O) groups excluding carboxylic acids is 1. The maximum Gasteiger partial charge on any atom is 0.329 e. The van der Waals surface area contributed by atoms with Gasteiger partial charge in [0.25, 0.3) is 0 Å². The molecule has 1 aromatic rings. The molecule has 0 saturated heterocycles. The van der Waals surface area contributed by atoms with Gasteiger partial charge >= 0.3 is 12.0 Å². The Morgan fingerprint density at radius 1 is 1.40 bits per heavy atom. The van der Waals surface area contributed by atoms with E-state index in [1.54, 1.807) is 25.1 Å². The van der Waals surface area contributed by atoms with Crippen molar-refractivity contribution in [3.05, 3.63) is 22.7 Å². The molecule has 0 fully saturated rings. The minimum absolute atomic E-state index is 0.275. The van der Waals surface area contributed by atoms with Gasteiger partial charge in [-0.2, -0.15) is 0 Å². The number of anilines is 1. The van der Waals surface area contributed by atoms with Gasteiger partial charge in [-0.25, -0.2) is 9.59 Å². The third kappa shape index (κ3) is 4.12. The van der Waals surface area contributed by atoms with Crippen LogP contribution in [0.15, 0.2) is 22.7 Å². The van der Waals surface area contributed by atoms with Crippen molar-refractivity contribution in [3.8, 4) is 5.75 Å². The third-order valence-electron chi connectivity index (χ3n) is 2.93. The zero-order chi connectivity index (χ0) is 15.3. The van der Waals surface area contributed by atoms with Gasteiger partial charge in [0.15, 0.2) is 0 Å². The van der Waals surface area contributed by atoms with Crippen molar-refractivity contribution >= 4 is 33.6 Å². The number of halogens is 1. The second-order valence-corrected chi connectivity index (χ2v) is 5.37. The normalized spacial score (nSPS) is 13.2. The monoisotopic (exact) mass is 344 g/mol. The lowest BCUT2D eigenvalue weighted by molar-refractivity contribution is -0.143. The predicted molar refractivity (Wildman–Crippen MR) is 79.2 cm³/mol. The molecule has 20 heavy (non-hydrogen) atoms. The molecule has 3 N–H and O–H groups in total. The number of hydrogen-bond acceptors (Lipinski definition) is 3. The van der Waals surface area contributed by atoms with Gasteiger partial charge in [-0.15, -0.1) is 0 Å². The number of hydrogen-bond donors (Lipinski definition) is 3. The van der Waals surface area contributed by atoms with Gasteiger partial charge in [-0.3, -0.25) is 0 Å². The summed E-state index contributed by atoms with van der Waals surface area (Å²) in [7, 11) is 1.52. The Morgan fingerprint density at radius 2 is 2.05 bits per heavy atom. The van der Waals surface area contributed by atoms with Crippen molar-refractivity contribution in [3.63, 3.8) is 0 Å². The molecule has 0 aliphatic carbocycles. The third-order valence-corrected chi connectivity index (χ3v) is 3.39. The molecule has 2 amide bonds. The minimum Gasteiger partial charge on any atom is -0.497 e. The first-order valence-electron chi connectivity index (χ1n) is 5.98. The second-order valence-electron chi connectivity index (χ2n) is 4.45. The van der Waals surface area contributed by atoms with E-state index < -0.39 is 17.5 Å². The van der Waals surface area contributed by atoms with E-state index in [4.69, 9.17) is 9.84 Å². The zero-order valence-corrected chi connectivity index (χ0v) is 13.1. The van der Waals surface area contributed by atoms with Crippen LogP contribution in [-0.4, -0.2) is 29.8 Å². The number of carbonyl (C=O) groups is 2. The number of benzene rings is 1. The molecule has 0 heterocycles. The summed E-state index contributed by atoms with van der Waals surface area (Å²) < 4.78 is 5.82. The van der Waals surface area contributed by atoms with Crippen LogP contribution in [0.3, 0.4) is 0 Å². The van der Waals surface area contributed by atoms with Crippen molar-refractivity contribution in [1.82, 2.24) is 5.32 Å². The van der Waals surface area contributed by atoms with Crippen LogP contribution in [0.4, 0.5) is 10.5 Å². The fourth-order valence-corrected chi connectivity index (χ4v) is 1.93. The van der Waals surface area contributed by atoms with Crippen molar-refractivity contribution in [1.29, 1.82) is 0 Å². The Balaban J connectivity index is 2.81. The van der Waals surface area contributed by atoms with Crippen molar-refractivity contribution < 1.29 is 19.4 Å². The summed E-state index contributed by atoms with van der Waals surface area (Å²) in [5, 5.41) is 14.1. The molecule has 1 unspecified atom stereocenters. The maximum absolute atomic E-state index is 11.9. The molecular formula is C13H17BrN2O4. The molecule has 0 radical (unpaired) electrons. The van der Waals surface area contributed by atoms with Crippen LogP contribution in [0.1, 0.15) is 20.3 Å². The summed E-state index contributed by atoms with van der Waals surface area (Å²) in [4.78, 5) is 23.0. The van der Waals surface area contributed by atoms with E-state index in [-0.39, 0.29) is 6.42 Å². The molecule has 0 aromatic heterocycles.